The lowest BCUT2D eigenvalue weighted by Crippen LogP contribution is -1.89. The molecule has 5 heteroatoms. The Balaban J connectivity index is 2.46. The van der Waals surface area contributed by atoms with Crippen LogP contribution in [0, 0.1) is 0 Å². The second-order valence-electron chi connectivity index (χ2n) is 3.13. The molecule has 0 saturated heterocycles. The van der Waals surface area contributed by atoms with Gasteiger partial charge in [-0.15, -0.1) is 11.3 Å². The lowest BCUT2D eigenvalue weighted by atomic mass is 10.2. The average molecular weight is 273 g/mol. The third-order valence-electron chi connectivity index (χ3n) is 1.96. The van der Waals surface area contributed by atoms with Gasteiger partial charge >= 0.3 is 5.97 Å². The van der Waals surface area contributed by atoms with Crippen LogP contribution in [0.2, 0.25) is 10.0 Å². The second-order valence-corrected chi connectivity index (χ2v) is 5.08. The minimum absolute atomic E-state index is 0.297. The van der Waals surface area contributed by atoms with Crippen LogP contribution >= 0.6 is 34.5 Å². The smallest absolute Gasteiger partial charge is 0.345 e. The van der Waals surface area contributed by atoms with Crippen molar-refractivity contribution in [1.29, 1.82) is 0 Å². The van der Waals surface area contributed by atoms with Gasteiger partial charge in [0, 0.05) is 14.9 Å². The highest BCUT2D eigenvalue weighted by atomic mass is 35.5. The van der Waals surface area contributed by atoms with Gasteiger partial charge in [0.25, 0.3) is 0 Å². The van der Waals surface area contributed by atoms with E-state index in [0.717, 1.165) is 10.4 Å². The molecule has 2 aromatic rings. The molecule has 0 radical (unpaired) electrons. The van der Waals surface area contributed by atoms with E-state index in [1.54, 1.807) is 30.3 Å². The zero-order valence-corrected chi connectivity index (χ0v) is 10.2. The molecule has 0 fully saturated rings. The molecule has 0 unspecified atom stereocenters. The van der Waals surface area contributed by atoms with Crippen molar-refractivity contribution in [3.63, 3.8) is 0 Å². The van der Waals surface area contributed by atoms with Crippen molar-refractivity contribution in [1.82, 2.24) is 0 Å². The van der Waals surface area contributed by atoms with Crippen LogP contribution in [0.1, 0.15) is 9.67 Å². The van der Waals surface area contributed by atoms with E-state index >= 15 is 0 Å². The molecule has 0 aliphatic rings. The predicted molar refractivity (Wildman–Crippen MR) is 66.7 cm³/mol. The summed E-state index contributed by atoms with van der Waals surface area (Å²) >= 11 is 12.9. The van der Waals surface area contributed by atoms with Gasteiger partial charge in [0.15, 0.2) is 0 Å². The van der Waals surface area contributed by atoms with E-state index in [1.165, 1.54) is 11.3 Å². The van der Waals surface area contributed by atoms with E-state index in [2.05, 4.69) is 0 Å². The highest BCUT2D eigenvalue weighted by Crippen LogP contribution is 2.32. The maximum absolute atomic E-state index is 10.7. The van der Waals surface area contributed by atoms with Gasteiger partial charge in [-0.05, 0) is 35.9 Å². The fourth-order valence-corrected chi connectivity index (χ4v) is 2.66. The molecule has 1 aromatic carbocycles. The van der Waals surface area contributed by atoms with Gasteiger partial charge in [-0.3, -0.25) is 0 Å². The van der Waals surface area contributed by atoms with E-state index in [1.807, 2.05) is 0 Å². The topological polar surface area (TPSA) is 37.3 Å². The highest BCUT2D eigenvalue weighted by molar-refractivity contribution is 7.17. The van der Waals surface area contributed by atoms with E-state index in [4.69, 9.17) is 28.3 Å². The summed E-state index contributed by atoms with van der Waals surface area (Å²) in [5.41, 5.74) is 0.829. The van der Waals surface area contributed by atoms with Crippen LogP contribution in [0.25, 0.3) is 10.4 Å². The first kappa shape index (κ1) is 11.5. The number of thiophene rings is 1. The summed E-state index contributed by atoms with van der Waals surface area (Å²) in [5.74, 6) is -0.927. The van der Waals surface area contributed by atoms with Crippen molar-refractivity contribution in [2.75, 3.05) is 0 Å². The van der Waals surface area contributed by atoms with E-state index < -0.39 is 5.97 Å². The Hall–Kier alpha value is -1.03. The quantitative estimate of drug-likeness (QED) is 0.879. The Kier molecular flexibility index (Phi) is 3.19. The molecule has 0 bridgehead atoms. The Labute approximate surface area is 106 Å². The van der Waals surface area contributed by atoms with Gasteiger partial charge < -0.3 is 5.11 Å². The van der Waals surface area contributed by atoms with Crippen LogP contribution in [-0.2, 0) is 0 Å². The minimum atomic E-state index is -0.927. The van der Waals surface area contributed by atoms with E-state index in [0.29, 0.717) is 14.9 Å². The van der Waals surface area contributed by atoms with Crippen molar-refractivity contribution in [3.8, 4) is 10.4 Å². The number of carboxylic acid groups (broad SMARTS) is 1. The molecular formula is C11H6Cl2O2S. The molecule has 0 atom stereocenters. The zero-order chi connectivity index (χ0) is 11.7. The first-order valence-electron chi connectivity index (χ1n) is 4.36. The number of carbonyl (C=O) groups is 1. The fourth-order valence-electron chi connectivity index (χ4n) is 1.30. The Bertz CT molecular complexity index is 528. The van der Waals surface area contributed by atoms with Crippen LogP contribution in [0.4, 0.5) is 0 Å². The molecule has 0 amide bonds. The third kappa shape index (κ3) is 2.38. The molecule has 2 rings (SSSR count). The van der Waals surface area contributed by atoms with Crippen LogP contribution in [0.3, 0.4) is 0 Å². The maximum Gasteiger partial charge on any atom is 0.345 e. The lowest BCUT2D eigenvalue weighted by Gasteiger charge is -1.99. The van der Waals surface area contributed by atoms with Gasteiger partial charge in [-0.25, -0.2) is 4.79 Å². The summed E-state index contributed by atoms with van der Waals surface area (Å²) in [7, 11) is 0. The first-order valence-corrected chi connectivity index (χ1v) is 5.93. The molecular weight excluding hydrogens is 267 g/mol. The van der Waals surface area contributed by atoms with Crippen LogP contribution in [-0.4, -0.2) is 11.1 Å². The fraction of sp³-hybridized carbons (Fsp3) is 0. The molecule has 1 N–H and O–H groups in total. The molecule has 1 heterocycles. The number of carboxylic acids is 1. The van der Waals surface area contributed by atoms with Crippen molar-refractivity contribution < 1.29 is 9.90 Å². The number of hydrogen-bond donors (Lipinski definition) is 1. The molecule has 2 nitrogen and oxygen atoms in total. The van der Waals surface area contributed by atoms with Gasteiger partial charge in [-0.1, -0.05) is 23.2 Å². The van der Waals surface area contributed by atoms with Crippen molar-refractivity contribution in [2.24, 2.45) is 0 Å². The van der Waals surface area contributed by atoms with Gasteiger partial charge in [-0.2, -0.15) is 0 Å². The Morgan fingerprint density at radius 2 is 1.75 bits per heavy atom. The minimum Gasteiger partial charge on any atom is -0.477 e. The predicted octanol–water partition coefficient (Wildman–Crippen LogP) is 4.42. The normalized spacial score (nSPS) is 10.4. The molecule has 16 heavy (non-hydrogen) atoms. The second kappa shape index (κ2) is 4.45. The monoisotopic (exact) mass is 272 g/mol. The number of halogens is 2. The lowest BCUT2D eigenvalue weighted by molar-refractivity contribution is 0.0702. The summed E-state index contributed by atoms with van der Waals surface area (Å²) < 4.78 is 0. The molecule has 0 aliphatic heterocycles. The van der Waals surface area contributed by atoms with Crippen molar-refractivity contribution in [2.45, 2.75) is 0 Å². The molecule has 0 saturated carbocycles. The summed E-state index contributed by atoms with van der Waals surface area (Å²) in [5, 5.41) is 9.88. The number of aromatic carboxylic acids is 1. The molecule has 0 spiro atoms. The molecule has 0 aliphatic carbocycles. The van der Waals surface area contributed by atoms with Crippen molar-refractivity contribution in [3.05, 3.63) is 45.3 Å². The van der Waals surface area contributed by atoms with Crippen molar-refractivity contribution >= 4 is 40.5 Å². The standard InChI is InChI=1S/C11H6Cl2O2S/c12-7-3-6(4-8(13)5-7)9-1-2-10(16-9)11(14)15/h1-5H,(H,14,15). The first-order chi connectivity index (χ1) is 7.56. The van der Waals surface area contributed by atoms with Crippen LogP contribution in [0.15, 0.2) is 30.3 Å². The van der Waals surface area contributed by atoms with Crippen LogP contribution in [0.5, 0.6) is 0 Å². The largest absolute Gasteiger partial charge is 0.477 e. The Morgan fingerprint density at radius 3 is 2.25 bits per heavy atom. The SMILES string of the molecule is O=C(O)c1ccc(-c2cc(Cl)cc(Cl)c2)s1. The highest BCUT2D eigenvalue weighted by Gasteiger charge is 2.09. The van der Waals surface area contributed by atoms with Gasteiger partial charge in [0.05, 0.1) is 0 Å². The molecule has 1 aromatic heterocycles. The van der Waals surface area contributed by atoms with Gasteiger partial charge in [0.2, 0.25) is 0 Å². The number of rotatable bonds is 2. The Morgan fingerprint density at radius 1 is 1.12 bits per heavy atom. The van der Waals surface area contributed by atoms with Gasteiger partial charge in [0.1, 0.15) is 4.88 Å². The summed E-state index contributed by atoms with van der Waals surface area (Å²) in [4.78, 5) is 11.9. The van der Waals surface area contributed by atoms with E-state index in [-0.39, 0.29) is 0 Å². The van der Waals surface area contributed by atoms with Crippen LogP contribution < -0.4 is 0 Å². The summed E-state index contributed by atoms with van der Waals surface area (Å²) in [6.07, 6.45) is 0. The zero-order valence-electron chi connectivity index (χ0n) is 7.91. The third-order valence-corrected chi connectivity index (χ3v) is 3.52. The number of hydrogen-bond acceptors (Lipinski definition) is 2. The van der Waals surface area contributed by atoms with E-state index in [9.17, 15) is 4.79 Å². The number of benzene rings is 1. The maximum atomic E-state index is 10.7. The average Bonchev–Trinajstić information content (AvgIpc) is 2.64. The molecule has 82 valence electrons. The summed E-state index contributed by atoms with van der Waals surface area (Å²) in [6, 6.07) is 8.46. The summed E-state index contributed by atoms with van der Waals surface area (Å²) in [6.45, 7) is 0.